The molecule has 2 aromatic carbocycles. The fourth-order valence-corrected chi connectivity index (χ4v) is 5.02. The Morgan fingerprint density at radius 3 is 2.64 bits per heavy atom. The molecular formula is C29H38N2O5. The van der Waals surface area contributed by atoms with Crippen molar-refractivity contribution < 1.29 is 23.8 Å². The summed E-state index contributed by atoms with van der Waals surface area (Å²) in [5.41, 5.74) is 1.11. The molecule has 1 fully saturated rings. The summed E-state index contributed by atoms with van der Waals surface area (Å²) in [6, 6.07) is 15.7. The van der Waals surface area contributed by atoms with E-state index in [2.05, 4.69) is 6.07 Å². The summed E-state index contributed by atoms with van der Waals surface area (Å²) >= 11 is 0. The molecule has 0 aromatic heterocycles. The van der Waals surface area contributed by atoms with Crippen LogP contribution in [0.3, 0.4) is 0 Å². The highest BCUT2D eigenvalue weighted by Crippen LogP contribution is 2.30. The largest absolute Gasteiger partial charge is 0.491 e. The van der Waals surface area contributed by atoms with E-state index in [-0.39, 0.29) is 31.0 Å². The second-order valence-electron chi connectivity index (χ2n) is 9.97. The fourth-order valence-electron chi connectivity index (χ4n) is 5.02. The first-order valence-corrected chi connectivity index (χ1v) is 13.0. The van der Waals surface area contributed by atoms with Crippen molar-refractivity contribution in [3.63, 3.8) is 0 Å². The van der Waals surface area contributed by atoms with E-state index in [0.29, 0.717) is 38.5 Å². The SMILES string of the molecule is Cc1ccccc1OCC(=O)N1CCOC2(CCCCc3ccccc3OCCN(C(C)C)C2=O)C1. The van der Waals surface area contributed by atoms with E-state index in [1.807, 2.05) is 68.1 Å². The topological polar surface area (TPSA) is 68.3 Å². The number of ether oxygens (including phenoxy) is 3. The van der Waals surface area contributed by atoms with E-state index >= 15 is 0 Å². The highest BCUT2D eigenvalue weighted by Gasteiger charge is 2.47. The van der Waals surface area contributed by atoms with Gasteiger partial charge in [0.25, 0.3) is 11.8 Å². The monoisotopic (exact) mass is 494 g/mol. The van der Waals surface area contributed by atoms with Gasteiger partial charge in [-0.25, -0.2) is 0 Å². The van der Waals surface area contributed by atoms with Gasteiger partial charge in [0, 0.05) is 12.6 Å². The summed E-state index contributed by atoms with van der Waals surface area (Å²) in [5.74, 6) is 1.39. The summed E-state index contributed by atoms with van der Waals surface area (Å²) in [6.45, 7) is 7.78. The van der Waals surface area contributed by atoms with Gasteiger partial charge in [0.2, 0.25) is 0 Å². The predicted molar refractivity (Wildman–Crippen MR) is 138 cm³/mol. The van der Waals surface area contributed by atoms with Crippen LogP contribution in [-0.2, 0) is 20.7 Å². The van der Waals surface area contributed by atoms with Crippen LogP contribution in [0.5, 0.6) is 11.5 Å². The van der Waals surface area contributed by atoms with Gasteiger partial charge in [-0.3, -0.25) is 9.59 Å². The molecule has 7 heteroatoms. The van der Waals surface area contributed by atoms with Crippen molar-refractivity contribution in [2.75, 3.05) is 39.5 Å². The Morgan fingerprint density at radius 1 is 1.06 bits per heavy atom. The van der Waals surface area contributed by atoms with E-state index in [0.717, 1.165) is 30.6 Å². The molecule has 7 nitrogen and oxygen atoms in total. The Labute approximate surface area is 214 Å². The smallest absolute Gasteiger partial charge is 0.260 e. The molecule has 1 unspecified atom stereocenters. The van der Waals surface area contributed by atoms with Crippen LogP contribution in [0.15, 0.2) is 48.5 Å². The van der Waals surface area contributed by atoms with Gasteiger partial charge in [0.05, 0.1) is 19.7 Å². The summed E-state index contributed by atoms with van der Waals surface area (Å²) in [4.78, 5) is 30.7. The van der Waals surface area contributed by atoms with Gasteiger partial charge in [0.1, 0.15) is 18.1 Å². The van der Waals surface area contributed by atoms with Crippen molar-refractivity contribution in [3.8, 4) is 11.5 Å². The summed E-state index contributed by atoms with van der Waals surface area (Å²) in [5, 5.41) is 0. The molecule has 2 aliphatic heterocycles. The number of carbonyl (C=O) groups excluding carboxylic acids is 2. The van der Waals surface area contributed by atoms with Crippen molar-refractivity contribution in [2.45, 2.75) is 58.1 Å². The second-order valence-corrected chi connectivity index (χ2v) is 9.97. The first kappa shape index (κ1) is 26.0. The third kappa shape index (κ3) is 6.01. The number of benzene rings is 2. The molecule has 0 aliphatic carbocycles. The second kappa shape index (κ2) is 11.8. The van der Waals surface area contributed by atoms with E-state index in [1.165, 1.54) is 5.56 Å². The number of morpholine rings is 1. The third-order valence-corrected chi connectivity index (χ3v) is 7.10. The molecule has 2 heterocycles. The maximum absolute atomic E-state index is 14.0. The minimum atomic E-state index is -1.06. The van der Waals surface area contributed by atoms with Gasteiger partial charge in [-0.1, -0.05) is 36.4 Å². The minimum absolute atomic E-state index is 0.0183. The van der Waals surface area contributed by atoms with Crippen LogP contribution < -0.4 is 9.47 Å². The lowest BCUT2D eigenvalue weighted by molar-refractivity contribution is -0.178. The van der Waals surface area contributed by atoms with Crippen molar-refractivity contribution in [1.29, 1.82) is 0 Å². The van der Waals surface area contributed by atoms with Gasteiger partial charge in [-0.2, -0.15) is 0 Å². The van der Waals surface area contributed by atoms with Crippen LogP contribution in [0.2, 0.25) is 0 Å². The molecule has 2 aromatic rings. The predicted octanol–water partition coefficient (Wildman–Crippen LogP) is 4.01. The van der Waals surface area contributed by atoms with Gasteiger partial charge in [-0.05, 0) is 69.7 Å². The van der Waals surface area contributed by atoms with E-state index in [9.17, 15) is 9.59 Å². The normalized spacial score (nSPS) is 21.4. The first-order valence-electron chi connectivity index (χ1n) is 13.0. The molecule has 0 radical (unpaired) electrons. The van der Waals surface area contributed by atoms with Crippen LogP contribution in [0.1, 0.15) is 44.2 Å². The fraction of sp³-hybridized carbons (Fsp3) is 0.517. The summed E-state index contributed by atoms with van der Waals surface area (Å²) in [7, 11) is 0. The van der Waals surface area contributed by atoms with Crippen LogP contribution in [0.4, 0.5) is 0 Å². The molecule has 0 N–H and O–H groups in total. The van der Waals surface area contributed by atoms with Gasteiger partial charge in [0.15, 0.2) is 12.2 Å². The molecule has 36 heavy (non-hydrogen) atoms. The summed E-state index contributed by atoms with van der Waals surface area (Å²) < 4.78 is 18.2. The minimum Gasteiger partial charge on any atom is -0.491 e. The van der Waals surface area contributed by atoms with Gasteiger partial charge >= 0.3 is 0 Å². The standard InChI is InChI=1S/C29H38N2O5/c1-22(2)31-17-18-34-26-14-7-5-11-24(26)12-8-9-15-29(28(31)33)21-30(16-19-36-29)27(32)20-35-25-13-6-4-10-23(25)3/h4-7,10-11,13-14,22H,8-9,12,15-21H2,1-3H3. The number of rotatable bonds is 4. The average Bonchev–Trinajstić information content (AvgIpc) is 2.88. The molecule has 1 atom stereocenters. The van der Waals surface area contributed by atoms with E-state index in [4.69, 9.17) is 14.2 Å². The van der Waals surface area contributed by atoms with E-state index in [1.54, 1.807) is 4.90 Å². The van der Waals surface area contributed by atoms with Crippen molar-refractivity contribution in [2.24, 2.45) is 0 Å². The molecule has 0 bridgehead atoms. The lowest BCUT2D eigenvalue weighted by Crippen LogP contribution is -2.63. The van der Waals surface area contributed by atoms with Crippen LogP contribution in [-0.4, -0.2) is 72.7 Å². The molecule has 2 amide bonds. The lowest BCUT2D eigenvalue weighted by atomic mass is 9.90. The van der Waals surface area contributed by atoms with Crippen molar-refractivity contribution >= 4 is 11.8 Å². The van der Waals surface area contributed by atoms with Crippen molar-refractivity contribution in [1.82, 2.24) is 9.80 Å². The lowest BCUT2D eigenvalue weighted by Gasteiger charge is -2.45. The van der Waals surface area contributed by atoms with Crippen molar-refractivity contribution in [3.05, 3.63) is 59.7 Å². The van der Waals surface area contributed by atoms with Crippen LogP contribution in [0.25, 0.3) is 0 Å². The number of aryl methyl sites for hydroxylation is 2. The molecular weight excluding hydrogens is 456 g/mol. The highest BCUT2D eigenvalue weighted by molar-refractivity contribution is 5.87. The van der Waals surface area contributed by atoms with Crippen LogP contribution >= 0.6 is 0 Å². The maximum Gasteiger partial charge on any atom is 0.260 e. The maximum atomic E-state index is 14.0. The molecule has 4 rings (SSSR count). The van der Waals surface area contributed by atoms with Gasteiger partial charge < -0.3 is 24.0 Å². The number of carbonyl (C=O) groups is 2. The number of nitrogens with zero attached hydrogens (tertiary/aromatic N) is 2. The third-order valence-electron chi connectivity index (χ3n) is 7.10. The molecule has 0 saturated carbocycles. The Bertz CT molecular complexity index is 1060. The Hall–Kier alpha value is -3.06. The number of fused-ring (bicyclic) bond motifs is 1. The Kier molecular flexibility index (Phi) is 8.52. The number of amides is 2. The zero-order valence-corrected chi connectivity index (χ0v) is 21.7. The zero-order chi connectivity index (χ0) is 25.5. The Morgan fingerprint density at radius 2 is 1.83 bits per heavy atom. The number of para-hydroxylation sites is 2. The molecule has 194 valence electrons. The molecule has 1 saturated heterocycles. The molecule has 1 spiro atoms. The van der Waals surface area contributed by atoms with Gasteiger partial charge in [-0.15, -0.1) is 0 Å². The molecule has 2 aliphatic rings. The highest BCUT2D eigenvalue weighted by atomic mass is 16.5. The number of hydrogen-bond donors (Lipinski definition) is 0. The average molecular weight is 495 g/mol. The zero-order valence-electron chi connectivity index (χ0n) is 21.7. The first-order chi connectivity index (χ1) is 17.4. The summed E-state index contributed by atoms with van der Waals surface area (Å²) in [6.07, 6.45) is 3.17. The van der Waals surface area contributed by atoms with Crippen LogP contribution in [0, 0.1) is 6.92 Å². The van der Waals surface area contributed by atoms with E-state index < -0.39 is 5.60 Å². The quantitative estimate of drug-likeness (QED) is 0.642. The number of hydrogen-bond acceptors (Lipinski definition) is 5. The Balaban J connectivity index is 1.51.